The summed E-state index contributed by atoms with van der Waals surface area (Å²) in [5.41, 5.74) is 0.567. The second-order valence-electron chi connectivity index (χ2n) is 2.65. The highest BCUT2D eigenvalue weighted by molar-refractivity contribution is 6.36. The lowest BCUT2D eigenvalue weighted by molar-refractivity contribution is 0.288. The molecule has 1 rings (SSSR count). The molecule has 0 aliphatic rings. The first-order valence-electron chi connectivity index (χ1n) is 3.90. The molecule has 0 saturated carbocycles. The first kappa shape index (κ1) is 10.8. The molecule has 0 heterocycles. The van der Waals surface area contributed by atoms with Crippen molar-refractivity contribution in [1.82, 2.24) is 0 Å². The first-order chi connectivity index (χ1) is 6.16. The van der Waals surface area contributed by atoms with Gasteiger partial charge in [-0.15, -0.1) is 0 Å². The monoisotopic (exact) mass is 222 g/mol. The maximum Gasteiger partial charge on any atom is 0.142 e. The standard InChI is InChI=1S/C9H9Cl2FO/c10-7-3-4-8(12)9(11)6(7)2-1-5-13/h3-4,13H,1-2,5H2. The van der Waals surface area contributed by atoms with Gasteiger partial charge in [0.1, 0.15) is 5.82 Å². The summed E-state index contributed by atoms with van der Waals surface area (Å²) in [4.78, 5) is 0. The zero-order valence-corrected chi connectivity index (χ0v) is 8.37. The van der Waals surface area contributed by atoms with Gasteiger partial charge in [0.05, 0.1) is 5.02 Å². The van der Waals surface area contributed by atoms with Crippen molar-refractivity contribution in [3.8, 4) is 0 Å². The van der Waals surface area contributed by atoms with Gasteiger partial charge in [0, 0.05) is 11.6 Å². The Hall–Kier alpha value is -0.310. The maximum atomic E-state index is 12.9. The third kappa shape index (κ3) is 2.56. The normalized spacial score (nSPS) is 10.5. The van der Waals surface area contributed by atoms with E-state index in [1.165, 1.54) is 12.1 Å². The van der Waals surface area contributed by atoms with E-state index in [4.69, 9.17) is 28.3 Å². The fourth-order valence-electron chi connectivity index (χ4n) is 1.05. The summed E-state index contributed by atoms with van der Waals surface area (Å²) in [7, 11) is 0. The molecular weight excluding hydrogens is 214 g/mol. The van der Waals surface area contributed by atoms with Crippen LogP contribution in [0.25, 0.3) is 0 Å². The van der Waals surface area contributed by atoms with Crippen LogP contribution in [0.4, 0.5) is 4.39 Å². The van der Waals surface area contributed by atoms with E-state index in [0.717, 1.165) is 0 Å². The lowest BCUT2D eigenvalue weighted by Crippen LogP contribution is -1.93. The second-order valence-corrected chi connectivity index (χ2v) is 3.43. The summed E-state index contributed by atoms with van der Waals surface area (Å²) in [5, 5.41) is 9.10. The minimum atomic E-state index is -0.473. The van der Waals surface area contributed by atoms with E-state index in [2.05, 4.69) is 0 Å². The Kier molecular flexibility index (Phi) is 3.97. The van der Waals surface area contributed by atoms with Gasteiger partial charge in [-0.25, -0.2) is 4.39 Å². The molecule has 4 heteroatoms. The molecule has 0 aliphatic heterocycles. The van der Waals surface area contributed by atoms with Gasteiger partial charge in [-0.3, -0.25) is 0 Å². The lowest BCUT2D eigenvalue weighted by Gasteiger charge is -2.06. The Morgan fingerprint density at radius 3 is 2.62 bits per heavy atom. The molecule has 13 heavy (non-hydrogen) atoms. The van der Waals surface area contributed by atoms with Crippen molar-refractivity contribution >= 4 is 23.2 Å². The Morgan fingerprint density at radius 2 is 2.00 bits per heavy atom. The largest absolute Gasteiger partial charge is 0.396 e. The number of benzene rings is 1. The molecule has 1 nitrogen and oxygen atoms in total. The van der Waals surface area contributed by atoms with Gasteiger partial charge < -0.3 is 5.11 Å². The number of hydrogen-bond acceptors (Lipinski definition) is 1. The van der Waals surface area contributed by atoms with Gasteiger partial charge in [0.2, 0.25) is 0 Å². The summed E-state index contributed by atoms with van der Waals surface area (Å²) < 4.78 is 12.9. The quantitative estimate of drug-likeness (QED) is 0.780. The van der Waals surface area contributed by atoms with Crippen LogP contribution in [-0.4, -0.2) is 11.7 Å². The molecule has 0 amide bonds. The van der Waals surface area contributed by atoms with Crippen LogP contribution in [-0.2, 0) is 6.42 Å². The van der Waals surface area contributed by atoms with Crippen LogP contribution in [0.3, 0.4) is 0 Å². The lowest BCUT2D eigenvalue weighted by atomic mass is 10.1. The zero-order chi connectivity index (χ0) is 9.84. The fourth-order valence-corrected chi connectivity index (χ4v) is 1.61. The maximum absolute atomic E-state index is 12.9. The van der Waals surface area contributed by atoms with E-state index in [9.17, 15) is 4.39 Å². The van der Waals surface area contributed by atoms with Crippen LogP contribution >= 0.6 is 23.2 Å². The third-order valence-electron chi connectivity index (χ3n) is 1.72. The van der Waals surface area contributed by atoms with Crippen LogP contribution in [0.2, 0.25) is 10.0 Å². The second kappa shape index (κ2) is 4.80. The third-order valence-corrected chi connectivity index (χ3v) is 2.49. The topological polar surface area (TPSA) is 20.2 Å². The van der Waals surface area contributed by atoms with E-state index < -0.39 is 5.82 Å². The number of hydrogen-bond donors (Lipinski definition) is 1. The predicted molar refractivity (Wildman–Crippen MR) is 51.8 cm³/mol. The van der Waals surface area contributed by atoms with Gasteiger partial charge in [0.25, 0.3) is 0 Å². The summed E-state index contributed by atoms with van der Waals surface area (Å²) in [5.74, 6) is -0.473. The Morgan fingerprint density at radius 1 is 1.31 bits per heavy atom. The van der Waals surface area contributed by atoms with E-state index >= 15 is 0 Å². The van der Waals surface area contributed by atoms with Crippen molar-refractivity contribution in [3.05, 3.63) is 33.6 Å². The summed E-state index contributed by atoms with van der Waals surface area (Å²) in [6.07, 6.45) is 1.02. The van der Waals surface area contributed by atoms with Crippen LogP contribution in [0.5, 0.6) is 0 Å². The van der Waals surface area contributed by atoms with Gasteiger partial charge in [-0.2, -0.15) is 0 Å². The van der Waals surface area contributed by atoms with Crippen molar-refractivity contribution in [2.45, 2.75) is 12.8 Å². The van der Waals surface area contributed by atoms with Gasteiger partial charge in [-0.05, 0) is 30.5 Å². The summed E-state index contributed by atoms with van der Waals surface area (Å²) in [6, 6.07) is 2.70. The SMILES string of the molecule is OCCCc1c(Cl)ccc(F)c1Cl. The first-order valence-corrected chi connectivity index (χ1v) is 4.65. The van der Waals surface area contributed by atoms with Crippen molar-refractivity contribution in [2.75, 3.05) is 6.61 Å². The highest BCUT2D eigenvalue weighted by Gasteiger charge is 2.09. The van der Waals surface area contributed by atoms with Crippen molar-refractivity contribution in [2.24, 2.45) is 0 Å². The number of halogens is 3. The molecule has 0 aliphatic carbocycles. The molecule has 0 spiro atoms. The summed E-state index contributed by atoms with van der Waals surface area (Å²) in [6.45, 7) is 0.0448. The van der Waals surface area contributed by atoms with Crippen molar-refractivity contribution in [3.63, 3.8) is 0 Å². The van der Waals surface area contributed by atoms with E-state index in [1.807, 2.05) is 0 Å². The molecule has 0 saturated heterocycles. The molecule has 0 unspecified atom stereocenters. The van der Waals surface area contributed by atoms with Crippen LogP contribution < -0.4 is 0 Å². The van der Waals surface area contributed by atoms with E-state index in [0.29, 0.717) is 23.4 Å². The molecule has 1 aromatic carbocycles. The molecule has 72 valence electrons. The molecule has 0 atom stereocenters. The van der Waals surface area contributed by atoms with Crippen LogP contribution in [0.15, 0.2) is 12.1 Å². The van der Waals surface area contributed by atoms with E-state index in [-0.39, 0.29) is 11.6 Å². The Bertz CT molecular complexity index is 302. The molecule has 0 radical (unpaired) electrons. The minimum Gasteiger partial charge on any atom is -0.396 e. The molecule has 1 aromatic rings. The molecule has 0 bridgehead atoms. The van der Waals surface area contributed by atoms with Gasteiger partial charge in [0.15, 0.2) is 0 Å². The van der Waals surface area contributed by atoms with Crippen LogP contribution in [0.1, 0.15) is 12.0 Å². The van der Waals surface area contributed by atoms with Gasteiger partial charge >= 0.3 is 0 Å². The Balaban J connectivity index is 2.96. The smallest absolute Gasteiger partial charge is 0.142 e. The number of rotatable bonds is 3. The fraction of sp³-hybridized carbons (Fsp3) is 0.333. The zero-order valence-electron chi connectivity index (χ0n) is 6.86. The minimum absolute atomic E-state index is 0.0448. The van der Waals surface area contributed by atoms with Crippen molar-refractivity contribution < 1.29 is 9.50 Å². The molecule has 0 aromatic heterocycles. The van der Waals surface area contributed by atoms with Crippen molar-refractivity contribution in [1.29, 1.82) is 0 Å². The highest BCUT2D eigenvalue weighted by atomic mass is 35.5. The number of aliphatic hydroxyl groups is 1. The van der Waals surface area contributed by atoms with Gasteiger partial charge in [-0.1, -0.05) is 23.2 Å². The van der Waals surface area contributed by atoms with E-state index in [1.54, 1.807) is 0 Å². The molecule has 0 fully saturated rings. The van der Waals surface area contributed by atoms with Crippen LogP contribution in [0, 0.1) is 5.82 Å². The molecular formula is C9H9Cl2FO. The predicted octanol–water partition coefficient (Wildman–Crippen LogP) is 3.06. The Labute approximate surface area is 86.1 Å². The average Bonchev–Trinajstić information content (AvgIpc) is 2.12. The highest BCUT2D eigenvalue weighted by Crippen LogP contribution is 2.28. The average molecular weight is 223 g/mol. The number of aliphatic hydroxyl groups excluding tert-OH is 1. The molecule has 1 N–H and O–H groups in total. The summed E-state index contributed by atoms with van der Waals surface area (Å²) >= 11 is 11.5.